The fraction of sp³-hybridized carbons (Fsp3) is 0.375. The molecule has 52 valence electrons. The van der Waals surface area contributed by atoms with Crippen molar-refractivity contribution < 1.29 is 0 Å². The Kier molecular flexibility index (Phi) is 1.77. The van der Waals surface area contributed by atoms with Gasteiger partial charge in [-0.1, -0.05) is 0 Å². The first-order chi connectivity index (χ1) is 4.75. The molecule has 0 saturated heterocycles. The van der Waals surface area contributed by atoms with Crippen LogP contribution in [0.1, 0.15) is 11.3 Å². The Balaban J connectivity index is 2.96. The van der Waals surface area contributed by atoms with Crippen LogP contribution in [0.2, 0.25) is 0 Å². The number of rotatable bonds is 1. The number of hydrogen-bond acceptors (Lipinski definition) is 1. The molecule has 0 atom stereocenters. The maximum Gasteiger partial charge on any atom is 0.0534 e. The van der Waals surface area contributed by atoms with Crippen LogP contribution in [-0.2, 0) is 13.5 Å². The van der Waals surface area contributed by atoms with E-state index in [0.29, 0.717) is 6.42 Å². The van der Waals surface area contributed by atoms with Gasteiger partial charge in [-0.15, -0.1) is 12.3 Å². The maximum atomic E-state index is 5.15. The second-order valence-electron chi connectivity index (χ2n) is 2.26. The molecule has 0 aliphatic rings. The first-order valence-corrected chi connectivity index (χ1v) is 3.16. The van der Waals surface area contributed by atoms with E-state index in [9.17, 15) is 0 Å². The molecule has 0 aliphatic carbocycles. The molecule has 1 heterocycles. The Morgan fingerprint density at radius 3 is 2.90 bits per heavy atom. The van der Waals surface area contributed by atoms with E-state index in [1.807, 2.05) is 24.9 Å². The Hall–Kier alpha value is -1.23. The summed E-state index contributed by atoms with van der Waals surface area (Å²) in [7, 11) is 1.91. The van der Waals surface area contributed by atoms with Crippen molar-refractivity contribution in [3.63, 3.8) is 0 Å². The highest BCUT2D eigenvalue weighted by Crippen LogP contribution is 2.04. The first-order valence-electron chi connectivity index (χ1n) is 3.16. The van der Waals surface area contributed by atoms with Gasteiger partial charge in [0, 0.05) is 24.7 Å². The molecule has 0 aliphatic heterocycles. The summed E-state index contributed by atoms with van der Waals surface area (Å²) in [5, 5.41) is 4.06. The molecule has 0 N–H and O–H groups in total. The summed E-state index contributed by atoms with van der Waals surface area (Å²) in [6, 6.07) is 0. The molecule has 0 aromatic carbocycles. The monoisotopic (exact) mass is 134 g/mol. The van der Waals surface area contributed by atoms with Gasteiger partial charge < -0.3 is 0 Å². The first kappa shape index (κ1) is 6.88. The normalized spacial score (nSPS) is 9.30. The van der Waals surface area contributed by atoms with E-state index in [0.717, 1.165) is 11.3 Å². The van der Waals surface area contributed by atoms with E-state index >= 15 is 0 Å². The summed E-state index contributed by atoms with van der Waals surface area (Å²) in [5.74, 6) is 2.58. The Morgan fingerprint density at radius 1 is 1.80 bits per heavy atom. The predicted octanol–water partition coefficient (Wildman–Crippen LogP) is 0.904. The third-order valence-corrected chi connectivity index (χ3v) is 1.63. The van der Waals surface area contributed by atoms with Crippen molar-refractivity contribution in [1.29, 1.82) is 0 Å². The molecule has 0 unspecified atom stereocenters. The molecule has 0 saturated carbocycles. The van der Waals surface area contributed by atoms with Gasteiger partial charge in [0.1, 0.15) is 0 Å². The van der Waals surface area contributed by atoms with Gasteiger partial charge in [0.15, 0.2) is 0 Å². The largest absolute Gasteiger partial charge is 0.273 e. The van der Waals surface area contributed by atoms with Gasteiger partial charge >= 0.3 is 0 Å². The molecular formula is C8H10N2. The number of aromatic nitrogens is 2. The van der Waals surface area contributed by atoms with Gasteiger partial charge in [-0.2, -0.15) is 5.10 Å². The fourth-order valence-electron chi connectivity index (χ4n) is 0.828. The third-order valence-electron chi connectivity index (χ3n) is 1.63. The average molecular weight is 134 g/mol. The van der Waals surface area contributed by atoms with Crippen molar-refractivity contribution in [3.05, 3.63) is 17.5 Å². The fourth-order valence-corrected chi connectivity index (χ4v) is 0.828. The average Bonchev–Trinajstić information content (AvgIpc) is 2.20. The van der Waals surface area contributed by atoms with Gasteiger partial charge in [0.05, 0.1) is 6.20 Å². The van der Waals surface area contributed by atoms with E-state index < -0.39 is 0 Å². The zero-order valence-electron chi connectivity index (χ0n) is 6.26. The van der Waals surface area contributed by atoms with Gasteiger partial charge in [0.25, 0.3) is 0 Å². The van der Waals surface area contributed by atoms with Crippen molar-refractivity contribution in [2.75, 3.05) is 0 Å². The van der Waals surface area contributed by atoms with Crippen LogP contribution in [0.4, 0.5) is 0 Å². The summed E-state index contributed by atoms with van der Waals surface area (Å²) in [4.78, 5) is 0. The van der Waals surface area contributed by atoms with Gasteiger partial charge in [-0.3, -0.25) is 4.68 Å². The quantitative estimate of drug-likeness (QED) is 0.522. The van der Waals surface area contributed by atoms with Crippen LogP contribution >= 0.6 is 0 Å². The lowest BCUT2D eigenvalue weighted by atomic mass is 10.2. The van der Waals surface area contributed by atoms with Crippen LogP contribution < -0.4 is 0 Å². The molecule has 1 aromatic rings. The molecule has 0 bridgehead atoms. The van der Waals surface area contributed by atoms with Crippen LogP contribution in [-0.4, -0.2) is 9.78 Å². The lowest BCUT2D eigenvalue weighted by Gasteiger charge is -1.93. The summed E-state index contributed by atoms with van der Waals surface area (Å²) in [6.07, 6.45) is 7.65. The smallest absolute Gasteiger partial charge is 0.0534 e. The van der Waals surface area contributed by atoms with Crippen LogP contribution in [0.15, 0.2) is 6.20 Å². The van der Waals surface area contributed by atoms with Crippen LogP contribution in [0.5, 0.6) is 0 Å². The lowest BCUT2D eigenvalue weighted by Crippen LogP contribution is -1.93. The minimum Gasteiger partial charge on any atom is -0.273 e. The SMILES string of the molecule is C#CCc1cnn(C)c1C. The van der Waals surface area contributed by atoms with Crippen molar-refractivity contribution in [2.45, 2.75) is 13.3 Å². The number of hydrogen-bond donors (Lipinski definition) is 0. The van der Waals surface area contributed by atoms with E-state index in [1.165, 1.54) is 0 Å². The predicted molar refractivity (Wildman–Crippen MR) is 40.5 cm³/mol. The molecule has 0 amide bonds. The minimum atomic E-state index is 0.680. The van der Waals surface area contributed by atoms with Crippen LogP contribution in [0.3, 0.4) is 0 Å². The molecular weight excluding hydrogens is 124 g/mol. The summed E-state index contributed by atoms with van der Waals surface area (Å²) >= 11 is 0. The standard InChI is InChI=1S/C8H10N2/c1-4-5-8-6-9-10(3)7(8)2/h1,6H,5H2,2-3H3. The highest BCUT2D eigenvalue weighted by molar-refractivity contribution is 5.20. The third kappa shape index (κ3) is 1.03. The van der Waals surface area contributed by atoms with Crippen molar-refractivity contribution in [1.82, 2.24) is 9.78 Å². The zero-order valence-corrected chi connectivity index (χ0v) is 6.26. The highest BCUT2D eigenvalue weighted by atomic mass is 15.3. The van der Waals surface area contributed by atoms with E-state index in [1.54, 1.807) is 0 Å². The molecule has 1 rings (SSSR count). The topological polar surface area (TPSA) is 17.8 Å². The lowest BCUT2D eigenvalue weighted by molar-refractivity contribution is 0.738. The van der Waals surface area contributed by atoms with E-state index in [-0.39, 0.29) is 0 Å². The zero-order chi connectivity index (χ0) is 7.56. The highest BCUT2D eigenvalue weighted by Gasteiger charge is 1.99. The van der Waals surface area contributed by atoms with Gasteiger partial charge in [0.2, 0.25) is 0 Å². The number of terminal acetylenes is 1. The maximum absolute atomic E-state index is 5.15. The number of aryl methyl sites for hydroxylation is 1. The molecule has 0 radical (unpaired) electrons. The Bertz CT molecular complexity index is 265. The summed E-state index contributed by atoms with van der Waals surface area (Å²) in [5.41, 5.74) is 2.29. The molecule has 1 aromatic heterocycles. The molecule has 0 fully saturated rings. The van der Waals surface area contributed by atoms with Crippen molar-refractivity contribution in [2.24, 2.45) is 7.05 Å². The summed E-state index contributed by atoms with van der Waals surface area (Å²) < 4.78 is 1.83. The van der Waals surface area contributed by atoms with Crippen molar-refractivity contribution in [3.8, 4) is 12.3 Å². The Labute approximate surface area is 60.9 Å². The van der Waals surface area contributed by atoms with Gasteiger partial charge in [-0.05, 0) is 6.92 Å². The van der Waals surface area contributed by atoms with Crippen LogP contribution in [0, 0.1) is 19.3 Å². The summed E-state index contributed by atoms with van der Waals surface area (Å²) in [6.45, 7) is 2.01. The molecule has 2 heteroatoms. The minimum absolute atomic E-state index is 0.680. The second-order valence-corrected chi connectivity index (χ2v) is 2.26. The second kappa shape index (κ2) is 2.57. The van der Waals surface area contributed by atoms with E-state index in [4.69, 9.17) is 6.42 Å². The number of nitrogens with zero attached hydrogens (tertiary/aromatic N) is 2. The van der Waals surface area contributed by atoms with Crippen molar-refractivity contribution >= 4 is 0 Å². The molecule has 10 heavy (non-hydrogen) atoms. The van der Waals surface area contributed by atoms with Crippen LogP contribution in [0.25, 0.3) is 0 Å². The molecule has 0 spiro atoms. The van der Waals surface area contributed by atoms with E-state index in [2.05, 4.69) is 11.0 Å². The van der Waals surface area contributed by atoms with Gasteiger partial charge in [-0.25, -0.2) is 0 Å². The molecule has 2 nitrogen and oxygen atoms in total. The Morgan fingerprint density at radius 2 is 2.50 bits per heavy atom.